The van der Waals surface area contributed by atoms with Gasteiger partial charge in [0, 0.05) is 6.42 Å². The largest absolute Gasteiger partial charge is 0.288 e. The van der Waals surface area contributed by atoms with E-state index in [9.17, 15) is 0 Å². The molecule has 0 aromatic heterocycles. The third-order valence-corrected chi connectivity index (χ3v) is 3.77. The molecule has 0 radical (unpaired) electrons. The van der Waals surface area contributed by atoms with Gasteiger partial charge in [0.1, 0.15) is 12.6 Å². The van der Waals surface area contributed by atoms with Gasteiger partial charge in [0.25, 0.3) is 0 Å². The van der Waals surface area contributed by atoms with E-state index in [1.54, 1.807) is 0 Å². The molecule has 0 saturated heterocycles. The molecule has 1 heteroatoms. The molecule has 0 N–H and O–H groups in total. The van der Waals surface area contributed by atoms with Crippen molar-refractivity contribution in [2.45, 2.75) is 26.2 Å². The van der Waals surface area contributed by atoms with Crippen LogP contribution in [-0.4, -0.2) is 17.8 Å². The van der Waals surface area contributed by atoms with E-state index in [1.165, 1.54) is 41.2 Å². The standard InChI is InChI=1S/C15H17N/c1-11-7-8-14-15(11)13-6-4-3-5-12(13)9-10-16(14)2/h3-6H,2,7-10H2,1H3. The van der Waals surface area contributed by atoms with E-state index in [2.05, 4.69) is 42.5 Å². The van der Waals surface area contributed by atoms with Crippen LogP contribution in [0.25, 0.3) is 5.57 Å². The van der Waals surface area contributed by atoms with Crippen LogP contribution in [0.3, 0.4) is 0 Å². The van der Waals surface area contributed by atoms with Crippen molar-refractivity contribution in [3.8, 4) is 0 Å². The lowest BCUT2D eigenvalue weighted by molar-refractivity contribution is -0.495. The first-order valence-corrected chi connectivity index (χ1v) is 5.99. The molecule has 1 aliphatic carbocycles. The molecule has 82 valence electrons. The van der Waals surface area contributed by atoms with Crippen molar-refractivity contribution in [3.05, 3.63) is 47.0 Å². The third-order valence-electron chi connectivity index (χ3n) is 3.77. The number of hydrogen-bond donors (Lipinski definition) is 0. The summed E-state index contributed by atoms with van der Waals surface area (Å²) in [4.78, 5) is 0. The van der Waals surface area contributed by atoms with Crippen LogP contribution in [0.2, 0.25) is 0 Å². The topological polar surface area (TPSA) is 3.01 Å². The van der Waals surface area contributed by atoms with Gasteiger partial charge in [-0.05, 0) is 6.42 Å². The van der Waals surface area contributed by atoms with Crippen molar-refractivity contribution >= 4 is 12.3 Å². The molecular formula is C15H17N. The highest BCUT2D eigenvalue weighted by atomic mass is 15.0. The van der Waals surface area contributed by atoms with Gasteiger partial charge in [0.05, 0.1) is 6.72 Å². The highest BCUT2D eigenvalue weighted by Crippen LogP contribution is 2.43. The van der Waals surface area contributed by atoms with E-state index in [-0.39, 0.29) is 0 Å². The molecule has 0 saturated carbocycles. The van der Waals surface area contributed by atoms with Gasteiger partial charge < -0.3 is 0 Å². The maximum Gasteiger partial charge on any atom is 0.133 e. The van der Waals surface area contributed by atoms with Gasteiger partial charge in [0.2, 0.25) is 0 Å². The summed E-state index contributed by atoms with van der Waals surface area (Å²) >= 11 is 0. The summed E-state index contributed by atoms with van der Waals surface area (Å²) in [5.41, 5.74) is 5.92. The minimum atomic E-state index is 1.04. The molecule has 1 heterocycles. The van der Waals surface area contributed by atoms with E-state index >= 15 is 0 Å². The third kappa shape index (κ3) is 1.31. The Labute approximate surface area is 97.1 Å². The molecular weight excluding hydrogens is 194 g/mol. The second-order valence-electron chi connectivity index (χ2n) is 4.77. The summed E-state index contributed by atoms with van der Waals surface area (Å²) in [6.45, 7) is 7.49. The Bertz CT molecular complexity index is 482. The van der Waals surface area contributed by atoms with Crippen molar-refractivity contribution in [2.24, 2.45) is 0 Å². The average molecular weight is 211 g/mol. The van der Waals surface area contributed by atoms with Crippen molar-refractivity contribution in [3.63, 3.8) is 0 Å². The minimum Gasteiger partial charge on any atom is -0.288 e. The van der Waals surface area contributed by atoms with Crippen molar-refractivity contribution < 1.29 is 4.58 Å². The number of hydrogen-bond acceptors (Lipinski definition) is 0. The first-order valence-electron chi connectivity index (χ1n) is 5.99. The molecule has 0 spiro atoms. The van der Waals surface area contributed by atoms with Crippen LogP contribution in [0.15, 0.2) is 29.8 Å². The summed E-state index contributed by atoms with van der Waals surface area (Å²) in [5.74, 6) is 0. The van der Waals surface area contributed by atoms with Gasteiger partial charge in [-0.15, -0.1) is 5.57 Å². The predicted molar refractivity (Wildman–Crippen MR) is 67.5 cm³/mol. The summed E-state index contributed by atoms with van der Waals surface area (Å²) in [6.07, 6.45) is 3.48. The van der Waals surface area contributed by atoms with E-state index in [0.717, 1.165) is 13.0 Å². The SMILES string of the molecule is C=[N+]1CCc2ccccc2C2=C(C)CC[C-]21. The average Bonchev–Trinajstić information content (AvgIpc) is 2.61. The van der Waals surface area contributed by atoms with Crippen LogP contribution in [-0.2, 0) is 6.42 Å². The van der Waals surface area contributed by atoms with Crippen molar-refractivity contribution in [2.75, 3.05) is 6.54 Å². The fourth-order valence-corrected chi connectivity index (χ4v) is 2.88. The Morgan fingerprint density at radius 2 is 2.06 bits per heavy atom. The monoisotopic (exact) mass is 211 g/mol. The maximum atomic E-state index is 4.18. The van der Waals surface area contributed by atoms with Gasteiger partial charge in [-0.1, -0.05) is 54.3 Å². The quantitative estimate of drug-likeness (QED) is 0.458. The Kier molecular flexibility index (Phi) is 2.13. The van der Waals surface area contributed by atoms with Crippen molar-refractivity contribution in [1.29, 1.82) is 0 Å². The number of nitrogens with zero attached hydrogens (tertiary/aromatic N) is 1. The van der Waals surface area contributed by atoms with Crippen LogP contribution in [0.4, 0.5) is 0 Å². The van der Waals surface area contributed by atoms with Crippen LogP contribution in [0.1, 0.15) is 30.9 Å². The maximum absolute atomic E-state index is 4.18. The zero-order valence-electron chi connectivity index (χ0n) is 9.79. The zero-order chi connectivity index (χ0) is 11.1. The van der Waals surface area contributed by atoms with Gasteiger partial charge >= 0.3 is 0 Å². The summed E-state index contributed by atoms with van der Waals surface area (Å²) < 4.78 is 2.20. The second kappa shape index (κ2) is 3.51. The number of benzene rings is 1. The van der Waals surface area contributed by atoms with E-state index in [4.69, 9.17) is 0 Å². The Balaban J connectivity index is 2.22. The lowest BCUT2D eigenvalue weighted by Crippen LogP contribution is -2.16. The summed E-state index contributed by atoms with van der Waals surface area (Å²) in [7, 11) is 0. The lowest BCUT2D eigenvalue weighted by atomic mass is 9.95. The van der Waals surface area contributed by atoms with Crippen LogP contribution in [0.5, 0.6) is 0 Å². The van der Waals surface area contributed by atoms with E-state index < -0.39 is 0 Å². The molecule has 16 heavy (non-hydrogen) atoms. The Hall–Kier alpha value is -1.50. The normalized spacial score (nSPS) is 19.6. The van der Waals surface area contributed by atoms with Gasteiger partial charge in [-0.25, -0.2) is 0 Å². The first kappa shape index (κ1) is 9.71. The molecule has 2 aliphatic rings. The molecule has 3 rings (SSSR count). The van der Waals surface area contributed by atoms with Crippen LogP contribution >= 0.6 is 0 Å². The molecule has 1 aromatic carbocycles. The van der Waals surface area contributed by atoms with Gasteiger partial charge in [-0.2, -0.15) is 0 Å². The molecule has 0 fully saturated rings. The smallest absolute Gasteiger partial charge is 0.133 e. The minimum absolute atomic E-state index is 1.04. The van der Waals surface area contributed by atoms with Gasteiger partial charge in [0.15, 0.2) is 0 Å². The molecule has 0 bridgehead atoms. The molecule has 0 amide bonds. The molecule has 1 nitrogen and oxygen atoms in total. The van der Waals surface area contributed by atoms with E-state index in [0.29, 0.717) is 0 Å². The molecule has 0 unspecified atom stereocenters. The number of fused-ring (bicyclic) bond motifs is 3. The summed E-state index contributed by atoms with van der Waals surface area (Å²) in [6, 6.07) is 10.3. The molecule has 1 aromatic rings. The molecule has 1 aliphatic heterocycles. The predicted octanol–water partition coefficient (Wildman–Crippen LogP) is 3.06. The Morgan fingerprint density at radius 3 is 2.94 bits per heavy atom. The van der Waals surface area contributed by atoms with E-state index in [1.807, 2.05) is 0 Å². The van der Waals surface area contributed by atoms with Gasteiger partial charge in [-0.3, -0.25) is 4.58 Å². The van der Waals surface area contributed by atoms with Crippen LogP contribution in [0, 0.1) is 6.04 Å². The lowest BCUT2D eigenvalue weighted by Gasteiger charge is -2.18. The van der Waals surface area contributed by atoms with Crippen molar-refractivity contribution in [1.82, 2.24) is 0 Å². The van der Waals surface area contributed by atoms with Crippen LogP contribution < -0.4 is 0 Å². The number of rotatable bonds is 0. The fourth-order valence-electron chi connectivity index (χ4n) is 2.88. The zero-order valence-corrected chi connectivity index (χ0v) is 9.79. The highest BCUT2D eigenvalue weighted by Gasteiger charge is 2.28. The fraction of sp³-hybridized carbons (Fsp3) is 0.333. The first-order chi connectivity index (χ1) is 7.77. The molecule has 0 atom stereocenters. The highest BCUT2D eigenvalue weighted by molar-refractivity contribution is 5.81. The number of allylic oxidation sites excluding steroid dienone is 1. The summed E-state index contributed by atoms with van der Waals surface area (Å²) in [5, 5.41) is 0. The Morgan fingerprint density at radius 1 is 1.25 bits per heavy atom. The second-order valence-corrected chi connectivity index (χ2v) is 4.77.